The molecule has 1 N–H and O–H groups in total. The van der Waals surface area contributed by atoms with E-state index in [1.165, 1.54) is 0 Å². The number of unbranched alkanes of at least 4 members (excludes halogenated alkanes) is 2. The average molecular weight is 258 g/mol. The molecule has 0 aromatic heterocycles. The second kappa shape index (κ2) is 8.51. The molecular formula is C14H26O4. The standard InChI is InChI=1S/C14H26O4/c1-4-6-8-16-12-10-13(17-9-7-5-2)14(15)18-11(12)3/h10-12,14-15H,4-9H2,1-3H3. The van der Waals surface area contributed by atoms with E-state index in [1.807, 2.05) is 13.0 Å². The van der Waals surface area contributed by atoms with E-state index in [2.05, 4.69) is 13.8 Å². The summed E-state index contributed by atoms with van der Waals surface area (Å²) in [7, 11) is 0. The summed E-state index contributed by atoms with van der Waals surface area (Å²) in [5, 5.41) is 9.76. The summed E-state index contributed by atoms with van der Waals surface area (Å²) in [4.78, 5) is 0. The maximum atomic E-state index is 9.76. The van der Waals surface area contributed by atoms with Gasteiger partial charge in [-0.1, -0.05) is 26.7 Å². The van der Waals surface area contributed by atoms with Gasteiger partial charge in [-0.3, -0.25) is 0 Å². The molecule has 0 amide bonds. The van der Waals surface area contributed by atoms with Crippen LogP contribution in [0.15, 0.2) is 11.8 Å². The minimum Gasteiger partial charge on any atom is -0.493 e. The largest absolute Gasteiger partial charge is 0.493 e. The maximum Gasteiger partial charge on any atom is 0.214 e. The van der Waals surface area contributed by atoms with Crippen molar-refractivity contribution >= 4 is 0 Å². The lowest BCUT2D eigenvalue weighted by Gasteiger charge is -2.31. The lowest BCUT2D eigenvalue weighted by Crippen LogP contribution is -2.38. The van der Waals surface area contributed by atoms with Crippen molar-refractivity contribution in [1.29, 1.82) is 0 Å². The molecule has 0 radical (unpaired) electrons. The molecule has 1 aliphatic rings. The van der Waals surface area contributed by atoms with Crippen LogP contribution in [0.4, 0.5) is 0 Å². The highest BCUT2D eigenvalue weighted by molar-refractivity contribution is 5.06. The predicted molar refractivity (Wildman–Crippen MR) is 70.1 cm³/mol. The van der Waals surface area contributed by atoms with Crippen molar-refractivity contribution in [3.63, 3.8) is 0 Å². The molecule has 106 valence electrons. The number of rotatable bonds is 8. The van der Waals surface area contributed by atoms with Crippen molar-refractivity contribution in [2.75, 3.05) is 13.2 Å². The van der Waals surface area contributed by atoms with Crippen LogP contribution in [0.2, 0.25) is 0 Å². The topological polar surface area (TPSA) is 47.9 Å². The van der Waals surface area contributed by atoms with Crippen LogP contribution in [0.1, 0.15) is 46.5 Å². The number of hydrogen-bond acceptors (Lipinski definition) is 4. The first-order valence-corrected chi connectivity index (χ1v) is 6.98. The summed E-state index contributed by atoms with van der Waals surface area (Å²) in [6, 6.07) is 0. The van der Waals surface area contributed by atoms with E-state index in [0.717, 1.165) is 25.7 Å². The van der Waals surface area contributed by atoms with E-state index >= 15 is 0 Å². The van der Waals surface area contributed by atoms with Crippen LogP contribution >= 0.6 is 0 Å². The Morgan fingerprint density at radius 1 is 1.22 bits per heavy atom. The van der Waals surface area contributed by atoms with Crippen molar-refractivity contribution < 1.29 is 19.3 Å². The van der Waals surface area contributed by atoms with Crippen molar-refractivity contribution in [3.05, 3.63) is 11.8 Å². The van der Waals surface area contributed by atoms with Gasteiger partial charge in [0.05, 0.1) is 12.7 Å². The first kappa shape index (κ1) is 15.5. The van der Waals surface area contributed by atoms with Crippen LogP contribution in [0.5, 0.6) is 0 Å². The molecule has 4 nitrogen and oxygen atoms in total. The lowest BCUT2D eigenvalue weighted by molar-refractivity contribution is -0.174. The van der Waals surface area contributed by atoms with E-state index in [4.69, 9.17) is 14.2 Å². The number of aliphatic hydroxyl groups excluding tert-OH is 1. The molecule has 3 unspecified atom stereocenters. The van der Waals surface area contributed by atoms with Crippen molar-refractivity contribution in [1.82, 2.24) is 0 Å². The Morgan fingerprint density at radius 2 is 1.89 bits per heavy atom. The zero-order chi connectivity index (χ0) is 13.4. The van der Waals surface area contributed by atoms with Crippen LogP contribution in [0.3, 0.4) is 0 Å². The van der Waals surface area contributed by atoms with Crippen molar-refractivity contribution in [2.45, 2.75) is 65.0 Å². The third kappa shape index (κ3) is 4.96. The summed E-state index contributed by atoms with van der Waals surface area (Å²) >= 11 is 0. The van der Waals surface area contributed by atoms with E-state index in [-0.39, 0.29) is 12.2 Å². The summed E-state index contributed by atoms with van der Waals surface area (Å²) in [5.41, 5.74) is 0. The Kier molecular flexibility index (Phi) is 7.32. The molecule has 1 heterocycles. The monoisotopic (exact) mass is 258 g/mol. The Morgan fingerprint density at radius 3 is 2.56 bits per heavy atom. The van der Waals surface area contributed by atoms with Gasteiger partial charge in [0.15, 0.2) is 5.76 Å². The number of hydrogen-bond donors (Lipinski definition) is 1. The average Bonchev–Trinajstić information content (AvgIpc) is 2.34. The summed E-state index contributed by atoms with van der Waals surface area (Å²) in [6.45, 7) is 7.45. The molecule has 18 heavy (non-hydrogen) atoms. The maximum absolute atomic E-state index is 9.76. The molecule has 0 aromatic carbocycles. The van der Waals surface area contributed by atoms with Gasteiger partial charge in [0.25, 0.3) is 0 Å². The van der Waals surface area contributed by atoms with Gasteiger partial charge in [0.1, 0.15) is 6.10 Å². The molecule has 4 heteroatoms. The highest BCUT2D eigenvalue weighted by Gasteiger charge is 2.29. The zero-order valence-electron chi connectivity index (χ0n) is 11.7. The third-order valence-corrected chi connectivity index (χ3v) is 2.95. The minimum atomic E-state index is -0.956. The SMILES string of the molecule is CCCCOC1=CC(OCCCC)C(C)OC1O. The van der Waals surface area contributed by atoms with Crippen LogP contribution in [0.25, 0.3) is 0 Å². The molecule has 0 spiro atoms. The van der Waals surface area contributed by atoms with Crippen molar-refractivity contribution in [3.8, 4) is 0 Å². The Balaban J connectivity index is 2.48. The summed E-state index contributed by atoms with van der Waals surface area (Å²) in [5.74, 6) is 0.489. The van der Waals surface area contributed by atoms with Crippen molar-refractivity contribution in [2.24, 2.45) is 0 Å². The fraction of sp³-hybridized carbons (Fsp3) is 0.857. The molecule has 0 aromatic rings. The molecule has 1 rings (SSSR count). The number of aliphatic hydroxyl groups is 1. The van der Waals surface area contributed by atoms with Gasteiger partial charge in [-0.2, -0.15) is 0 Å². The molecular weight excluding hydrogens is 232 g/mol. The summed E-state index contributed by atoms with van der Waals surface area (Å²) < 4.78 is 16.7. The fourth-order valence-electron chi connectivity index (χ4n) is 1.73. The molecule has 0 fully saturated rings. The molecule has 0 bridgehead atoms. The first-order valence-electron chi connectivity index (χ1n) is 6.98. The Bertz CT molecular complexity index is 252. The molecule has 0 saturated heterocycles. The fourth-order valence-corrected chi connectivity index (χ4v) is 1.73. The van der Waals surface area contributed by atoms with Gasteiger partial charge < -0.3 is 19.3 Å². The minimum absolute atomic E-state index is 0.128. The molecule has 0 aliphatic carbocycles. The second-order valence-corrected chi connectivity index (χ2v) is 4.65. The molecule has 1 aliphatic heterocycles. The van der Waals surface area contributed by atoms with Crippen LogP contribution in [-0.4, -0.2) is 36.8 Å². The molecule has 0 saturated carbocycles. The van der Waals surface area contributed by atoms with E-state index < -0.39 is 6.29 Å². The lowest BCUT2D eigenvalue weighted by atomic mass is 10.1. The van der Waals surface area contributed by atoms with Gasteiger partial charge in [0, 0.05) is 6.61 Å². The third-order valence-electron chi connectivity index (χ3n) is 2.95. The zero-order valence-corrected chi connectivity index (χ0v) is 11.7. The van der Waals surface area contributed by atoms with E-state index in [9.17, 15) is 5.11 Å². The van der Waals surface area contributed by atoms with Gasteiger partial charge in [-0.15, -0.1) is 0 Å². The smallest absolute Gasteiger partial charge is 0.214 e. The van der Waals surface area contributed by atoms with Crippen LogP contribution in [0, 0.1) is 0 Å². The predicted octanol–water partition coefficient (Wildman–Crippen LogP) is 2.61. The quantitative estimate of drug-likeness (QED) is 0.680. The number of ether oxygens (including phenoxy) is 3. The van der Waals surface area contributed by atoms with Gasteiger partial charge in [0.2, 0.25) is 6.29 Å². The van der Waals surface area contributed by atoms with Crippen LogP contribution in [-0.2, 0) is 14.2 Å². The van der Waals surface area contributed by atoms with E-state index in [0.29, 0.717) is 19.0 Å². The summed E-state index contributed by atoms with van der Waals surface area (Å²) in [6.07, 6.45) is 4.80. The van der Waals surface area contributed by atoms with Crippen LogP contribution < -0.4 is 0 Å². The Hall–Kier alpha value is -0.580. The molecule has 3 atom stereocenters. The van der Waals surface area contributed by atoms with Gasteiger partial charge in [-0.05, 0) is 25.8 Å². The van der Waals surface area contributed by atoms with Gasteiger partial charge in [-0.25, -0.2) is 0 Å². The highest BCUT2D eigenvalue weighted by Crippen LogP contribution is 2.21. The second-order valence-electron chi connectivity index (χ2n) is 4.65. The van der Waals surface area contributed by atoms with E-state index in [1.54, 1.807) is 0 Å². The first-order chi connectivity index (χ1) is 8.69. The highest BCUT2D eigenvalue weighted by atomic mass is 16.6. The van der Waals surface area contributed by atoms with Gasteiger partial charge >= 0.3 is 0 Å². The Labute approximate surface area is 110 Å². The normalized spacial score (nSPS) is 28.0.